The highest BCUT2D eigenvalue weighted by molar-refractivity contribution is 7.80. The van der Waals surface area contributed by atoms with Crippen molar-refractivity contribution in [3.63, 3.8) is 0 Å². The average molecular weight is 427 g/mol. The van der Waals surface area contributed by atoms with E-state index in [1.807, 2.05) is 34.0 Å². The molecule has 4 aromatic rings. The Morgan fingerprint density at radius 1 is 0.889 bits per heavy atom. The smallest absolute Gasteiger partial charge is 0.0384 e. The second-order valence-corrected chi connectivity index (χ2v) is 10.3. The lowest BCUT2D eigenvalue weighted by Gasteiger charge is -2.20. The number of rotatable bonds is 4. The van der Waals surface area contributed by atoms with Gasteiger partial charge in [-0.15, -0.1) is 46.6 Å². The molecule has 0 fully saturated rings. The molecule has 0 unspecified atom stereocenters. The maximum absolute atomic E-state index is 4.92. The number of thiophene rings is 3. The first kappa shape index (κ1) is 19.0. The number of hydrogen-bond donors (Lipinski definition) is 1. The van der Waals surface area contributed by atoms with Gasteiger partial charge < -0.3 is 0 Å². The van der Waals surface area contributed by atoms with Crippen LogP contribution in [0.1, 0.15) is 28.5 Å². The van der Waals surface area contributed by atoms with Crippen molar-refractivity contribution in [2.75, 3.05) is 0 Å². The van der Waals surface area contributed by atoms with Crippen LogP contribution in [0.15, 0.2) is 45.3 Å². The highest BCUT2D eigenvalue weighted by Crippen LogP contribution is 2.49. The van der Waals surface area contributed by atoms with E-state index in [2.05, 4.69) is 68.1 Å². The molecule has 0 spiro atoms. The molecule has 0 aliphatic rings. The lowest BCUT2D eigenvalue weighted by Crippen LogP contribution is -1.97. The summed E-state index contributed by atoms with van der Waals surface area (Å²) in [4.78, 5) is 5.17. The van der Waals surface area contributed by atoms with E-state index in [9.17, 15) is 0 Å². The zero-order valence-electron chi connectivity index (χ0n) is 15.9. The lowest BCUT2D eigenvalue weighted by atomic mass is 9.88. The van der Waals surface area contributed by atoms with Gasteiger partial charge in [0.05, 0.1) is 0 Å². The summed E-state index contributed by atoms with van der Waals surface area (Å²) in [5, 5.41) is 6.65. The first-order chi connectivity index (χ1) is 13.0. The molecule has 0 amide bonds. The van der Waals surface area contributed by atoms with Crippen molar-refractivity contribution in [2.24, 2.45) is 0 Å². The molecule has 0 aliphatic carbocycles. The molecule has 4 rings (SSSR count). The average Bonchev–Trinajstić information content (AvgIpc) is 3.36. The molecule has 0 nitrogen and oxygen atoms in total. The normalized spacial score (nSPS) is 11.3. The first-order valence-corrected chi connectivity index (χ1v) is 12.1. The Morgan fingerprint density at radius 2 is 1.67 bits per heavy atom. The van der Waals surface area contributed by atoms with Crippen LogP contribution < -0.4 is 0 Å². The standard InChI is InChI=1S/C23H22S4/c1-5-16-19(24)11-18(17-7-9-25-15(17)4)22(23-14(3)6-8-26-23)21(16)20-10-13(2)12-27-20/h6-12,24H,5H2,1-4H3. The van der Waals surface area contributed by atoms with E-state index in [1.54, 1.807) is 0 Å². The molecule has 0 saturated carbocycles. The van der Waals surface area contributed by atoms with Gasteiger partial charge in [-0.05, 0) is 95.4 Å². The Kier molecular flexibility index (Phi) is 5.34. The van der Waals surface area contributed by atoms with Crippen LogP contribution in [0.2, 0.25) is 0 Å². The Labute approximate surface area is 179 Å². The Morgan fingerprint density at radius 3 is 2.22 bits per heavy atom. The fourth-order valence-corrected chi connectivity index (χ4v) is 6.73. The molecule has 27 heavy (non-hydrogen) atoms. The quantitative estimate of drug-likeness (QED) is 0.310. The number of benzene rings is 1. The molecule has 3 heterocycles. The van der Waals surface area contributed by atoms with Crippen molar-refractivity contribution in [3.05, 3.63) is 62.0 Å². The molecule has 3 aromatic heterocycles. The topological polar surface area (TPSA) is 0 Å². The number of hydrogen-bond acceptors (Lipinski definition) is 4. The van der Waals surface area contributed by atoms with Crippen molar-refractivity contribution in [2.45, 2.75) is 39.0 Å². The van der Waals surface area contributed by atoms with Gasteiger partial charge in [0.1, 0.15) is 0 Å². The Bertz CT molecular complexity index is 1110. The monoisotopic (exact) mass is 426 g/mol. The van der Waals surface area contributed by atoms with Crippen molar-refractivity contribution in [3.8, 4) is 32.0 Å². The van der Waals surface area contributed by atoms with Gasteiger partial charge >= 0.3 is 0 Å². The minimum atomic E-state index is 0.978. The highest BCUT2D eigenvalue weighted by Gasteiger charge is 2.23. The van der Waals surface area contributed by atoms with Gasteiger partial charge in [-0.1, -0.05) is 6.92 Å². The summed E-state index contributed by atoms with van der Waals surface area (Å²) in [5.74, 6) is 0. The zero-order valence-corrected chi connectivity index (χ0v) is 19.3. The van der Waals surface area contributed by atoms with E-state index in [0.717, 1.165) is 11.3 Å². The summed E-state index contributed by atoms with van der Waals surface area (Å²) in [6.07, 6.45) is 0.978. The van der Waals surface area contributed by atoms with Gasteiger partial charge in [-0.2, -0.15) is 0 Å². The van der Waals surface area contributed by atoms with E-state index in [1.165, 1.54) is 53.6 Å². The third-order valence-electron chi connectivity index (χ3n) is 4.98. The van der Waals surface area contributed by atoms with Crippen LogP contribution in [0.25, 0.3) is 32.0 Å². The van der Waals surface area contributed by atoms with E-state index >= 15 is 0 Å². The van der Waals surface area contributed by atoms with Gasteiger partial charge in [0, 0.05) is 30.7 Å². The van der Waals surface area contributed by atoms with Gasteiger partial charge in [0.15, 0.2) is 0 Å². The van der Waals surface area contributed by atoms with E-state index in [4.69, 9.17) is 12.6 Å². The highest BCUT2D eigenvalue weighted by atomic mass is 32.1. The summed E-state index contributed by atoms with van der Waals surface area (Å²) in [6, 6.07) is 9.09. The SMILES string of the molecule is CCc1c(S)cc(-c2ccsc2C)c(-c2sccc2C)c1-c1cc(C)cs1. The molecule has 4 heteroatoms. The van der Waals surface area contributed by atoms with Gasteiger partial charge in [-0.25, -0.2) is 0 Å². The van der Waals surface area contributed by atoms with E-state index in [-0.39, 0.29) is 0 Å². The Hall–Kier alpha value is -1.33. The lowest BCUT2D eigenvalue weighted by molar-refractivity contribution is 1.09. The minimum absolute atomic E-state index is 0.978. The van der Waals surface area contributed by atoms with Crippen molar-refractivity contribution < 1.29 is 0 Å². The second kappa shape index (κ2) is 7.59. The molecule has 0 aliphatic heterocycles. The maximum Gasteiger partial charge on any atom is 0.0384 e. The van der Waals surface area contributed by atoms with Gasteiger partial charge in [-0.3, -0.25) is 0 Å². The van der Waals surface area contributed by atoms with Crippen LogP contribution in [0.3, 0.4) is 0 Å². The summed E-state index contributed by atoms with van der Waals surface area (Å²) in [6.45, 7) is 8.85. The minimum Gasteiger partial charge on any atom is -0.149 e. The third kappa shape index (κ3) is 3.33. The summed E-state index contributed by atoms with van der Waals surface area (Å²) < 4.78 is 0. The predicted molar refractivity (Wildman–Crippen MR) is 127 cm³/mol. The van der Waals surface area contributed by atoms with Crippen LogP contribution in [-0.4, -0.2) is 0 Å². The zero-order chi connectivity index (χ0) is 19.1. The van der Waals surface area contributed by atoms with Crippen molar-refractivity contribution in [1.29, 1.82) is 0 Å². The van der Waals surface area contributed by atoms with Crippen molar-refractivity contribution in [1.82, 2.24) is 0 Å². The van der Waals surface area contributed by atoms with Crippen LogP contribution in [-0.2, 0) is 6.42 Å². The molecule has 138 valence electrons. The molecule has 0 bridgehead atoms. The summed E-state index contributed by atoms with van der Waals surface area (Å²) in [5.41, 5.74) is 9.40. The van der Waals surface area contributed by atoms with Crippen LogP contribution in [0, 0.1) is 20.8 Å². The molecule has 0 N–H and O–H groups in total. The molecular formula is C23H22S4. The molecule has 0 saturated heterocycles. The fourth-order valence-electron chi connectivity index (χ4n) is 3.64. The molecule has 1 aromatic carbocycles. The number of aryl methyl sites for hydroxylation is 3. The fraction of sp³-hybridized carbons (Fsp3) is 0.217. The predicted octanol–water partition coefficient (Wildman–Crippen LogP) is 8.65. The first-order valence-electron chi connectivity index (χ1n) is 9.04. The van der Waals surface area contributed by atoms with Gasteiger partial charge in [0.25, 0.3) is 0 Å². The second-order valence-electron chi connectivity index (χ2n) is 6.84. The maximum atomic E-state index is 4.92. The molecule has 0 atom stereocenters. The molecule has 0 radical (unpaired) electrons. The largest absolute Gasteiger partial charge is 0.149 e. The van der Waals surface area contributed by atoms with Crippen molar-refractivity contribution >= 4 is 46.6 Å². The number of thiol groups is 1. The van der Waals surface area contributed by atoms with E-state index < -0.39 is 0 Å². The Balaban J connectivity index is 2.17. The molecular weight excluding hydrogens is 405 g/mol. The van der Waals surface area contributed by atoms with Gasteiger partial charge in [0.2, 0.25) is 0 Å². The van der Waals surface area contributed by atoms with Crippen LogP contribution >= 0.6 is 46.6 Å². The van der Waals surface area contributed by atoms with Crippen LogP contribution in [0.4, 0.5) is 0 Å². The van der Waals surface area contributed by atoms with E-state index in [0.29, 0.717) is 0 Å². The van der Waals surface area contributed by atoms with Crippen LogP contribution in [0.5, 0.6) is 0 Å². The summed E-state index contributed by atoms with van der Waals surface area (Å²) in [7, 11) is 0. The summed E-state index contributed by atoms with van der Waals surface area (Å²) >= 11 is 10.4. The third-order valence-corrected chi connectivity index (χ3v) is 8.32.